The van der Waals surface area contributed by atoms with Gasteiger partial charge in [0, 0.05) is 31.6 Å². The second-order valence-electron chi connectivity index (χ2n) is 6.00. The van der Waals surface area contributed by atoms with E-state index in [4.69, 9.17) is 5.11 Å². The number of hydrogen-bond acceptors (Lipinski definition) is 3. The SMILES string of the molecule is CCCN(CCN(C)C)C(=O)NC(C)(C)CCC(=O)O. The maximum absolute atomic E-state index is 12.3. The van der Waals surface area contributed by atoms with Crippen LogP contribution in [0.15, 0.2) is 0 Å². The molecule has 0 fully saturated rings. The monoisotopic (exact) mass is 287 g/mol. The number of aliphatic carboxylic acids is 1. The van der Waals surface area contributed by atoms with Gasteiger partial charge in [0.1, 0.15) is 0 Å². The summed E-state index contributed by atoms with van der Waals surface area (Å²) in [6, 6.07) is -0.121. The second kappa shape index (κ2) is 8.79. The molecule has 0 aromatic carbocycles. The fourth-order valence-electron chi connectivity index (χ4n) is 1.76. The van der Waals surface area contributed by atoms with Crippen molar-refractivity contribution in [2.24, 2.45) is 0 Å². The van der Waals surface area contributed by atoms with Crippen LogP contribution < -0.4 is 5.32 Å². The Morgan fingerprint density at radius 3 is 2.20 bits per heavy atom. The van der Waals surface area contributed by atoms with Crippen LogP contribution in [0.4, 0.5) is 4.79 Å². The van der Waals surface area contributed by atoms with Crippen LogP contribution in [0.1, 0.15) is 40.0 Å². The number of rotatable bonds is 9. The first-order valence-electron chi connectivity index (χ1n) is 7.11. The topological polar surface area (TPSA) is 72.9 Å². The van der Waals surface area contributed by atoms with Crippen molar-refractivity contribution in [3.8, 4) is 0 Å². The third kappa shape index (κ3) is 8.74. The minimum Gasteiger partial charge on any atom is -0.481 e. The van der Waals surface area contributed by atoms with Gasteiger partial charge >= 0.3 is 12.0 Å². The molecule has 6 nitrogen and oxygen atoms in total. The van der Waals surface area contributed by atoms with Crippen LogP contribution in [0.5, 0.6) is 0 Å². The molecule has 0 spiro atoms. The zero-order valence-electron chi connectivity index (χ0n) is 13.4. The summed E-state index contributed by atoms with van der Waals surface area (Å²) < 4.78 is 0. The predicted octanol–water partition coefficient (Wildman–Crippen LogP) is 1.61. The summed E-state index contributed by atoms with van der Waals surface area (Å²) in [6.45, 7) is 7.92. The summed E-state index contributed by atoms with van der Waals surface area (Å²) in [4.78, 5) is 26.7. The van der Waals surface area contributed by atoms with Gasteiger partial charge in [-0.3, -0.25) is 4.79 Å². The van der Waals surface area contributed by atoms with Gasteiger partial charge in [0.2, 0.25) is 0 Å². The van der Waals surface area contributed by atoms with Crippen molar-refractivity contribution in [1.29, 1.82) is 0 Å². The number of amides is 2. The van der Waals surface area contributed by atoms with E-state index in [-0.39, 0.29) is 12.5 Å². The summed E-state index contributed by atoms with van der Waals surface area (Å²) in [5.41, 5.74) is -0.514. The molecular formula is C14H29N3O3. The summed E-state index contributed by atoms with van der Waals surface area (Å²) >= 11 is 0. The highest BCUT2D eigenvalue weighted by Gasteiger charge is 2.24. The highest BCUT2D eigenvalue weighted by atomic mass is 16.4. The number of urea groups is 1. The molecule has 0 saturated carbocycles. The molecule has 0 aliphatic heterocycles. The molecule has 0 saturated heterocycles. The van der Waals surface area contributed by atoms with Crippen LogP contribution in [0.3, 0.4) is 0 Å². The highest BCUT2D eigenvalue weighted by Crippen LogP contribution is 2.12. The third-order valence-corrected chi connectivity index (χ3v) is 3.01. The lowest BCUT2D eigenvalue weighted by atomic mass is 9.99. The van der Waals surface area contributed by atoms with Gasteiger partial charge in [-0.1, -0.05) is 6.92 Å². The molecule has 0 aromatic rings. The number of nitrogens with one attached hydrogen (secondary N) is 1. The van der Waals surface area contributed by atoms with Crippen molar-refractivity contribution in [3.05, 3.63) is 0 Å². The van der Waals surface area contributed by atoms with Gasteiger partial charge in [0.15, 0.2) is 0 Å². The quantitative estimate of drug-likeness (QED) is 0.676. The summed E-state index contributed by atoms with van der Waals surface area (Å²) in [5.74, 6) is -0.842. The van der Waals surface area contributed by atoms with E-state index < -0.39 is 11.5 Å². The van der Waals surface area contributed by atoms with Gasteiger partial charge in [-0.15, -0.1) is 0 Å². The lowest BCUT2D eigenvalue weighted by Gasteiger charge is -2.31. The smallest absolute Gasteiger partial charge is 0.317 e. The van der Waals surface area contributed by atoms with E-state index in [1.807, 2.05) is 39.8 Å². The Labute approximate surface area is 122 Å². The van der Waals surface area contributed by atoms with Crippen LogP contribution in [-0.2, 0) is 4.79 Å². The highest BCUT2D eigenvalue weighted by molar-refractivity contribution is 5.75. The number of likely N-dealkylation sites (N-methyl/N-ethyl adjacent to an activating group) is 1. The first-order chi connectivity index (χ1) is 9.18. The van der Waals surface area contributed by atoms with Gasteiger partial charge in [0.05, 0.1) is 0 Å². The van der Waals surface area contributed by atoms with Crippen molar-refractivity contribution in [1.82, 2.24) is 15.1 Å². The average molecular weight is 287 g/mol. The lowest BCUT2D eigenvalue weighted by molar-refractivity contribution is -0.137. The Kier molecular flexibility index (Phi) is 8.22. The Bertz CT molecular complexity index is 317. The standard InChI is InChI=1S/C14H29N3O3/c1-6-9-17(11-10-16(4)5)13(20)15-14(2,3)8-7-12(18)19/h6-11H2,1-5H3,(H,15,20)(H,18,19). The van der Waals surface area contributed by atoms with Gasteiger partial charge in [-0.05, 0) is 40.8 Å². The Morgan fingerprint density at radius 2 is 1.75 bits per heavy atom. The Hall–Kier alpha value is -1.30. The molecule has 0 aliphatic rings. The van der Waals surface area contributed by atoms with Crippen molar-refractivity contribution in [2.75, 3.05) is 33.7 Å². The van der Waals surface area contributed by atoms with Crippen LogP contribution in [0.2, 0.25) is 0 Å². The fourth-order valence-corrected chi connectivity index (χ4v) is 1.76. The normalized spacial score (nSPS) is 11.5. The maximum Gasteiger partial charge on any atom is 0.317 e. The molecule has 0 atom stereocenters. The number of carboxylic acids is 1. The molecule has 2 N–H and O–H groups in total. The zero-order chi connectivity index (χ0) is 15.8. The molecule has 0 unspecified atom stereocenters. The van der Waals surface area contributed by atoms with Crippen molar-refractivity contribution >= 4 is 12.0 Å². The zero-order valence-corrected chi connectivity index (χ0v) is 13.4. The van der Waals surface area contributed by atoms with Crippen molar-refractivity contribution in [2.45, 2.75) is 45.6 Å². The van der Waals surface area contributed by atoms with E-state index in [2.05, 4.69) is 5.32 Å². The number of hydrogen-bond donors (Lipinski definition) is 2. The van der Waals surface area contributed by atoms with Crippen molar-refractivity contribution < 1.29 is 14.7 Å². The lowest BCUT2D eigenvalue weighted by Crippen LogP contribution is -2.51. The molecular weight excluding hydrogens is 258 g/mol. The van der Waals surface area contributed by atoms with Crippen LogP contribution in [0, 0.1) is 0 Å². The van der Waals surface area contributed by atoms with E-state index in [0.29, 0.717) is 19.5 Å². The van der Waals surface area contributed by atoms with Gasteiger partial charge < -0.3 is 20.2 Å². The summed E-state index contributed by atoms with van der Waals surface area (Å²) in [6.07, 6.45) is 1.37. The molecule has 118 valence electrons. The number of nitrogens with zero attached hydrogens (tertiary/aromatic N) is 2. The average Bonchev–Trinajstić information content (AvgIpc) is 2.31. The fraction of sp³-hybridized carbons (Fsp3) is 0.857. The minimum atomic E-state index is -0.842. The van der Waals surface area contributed by atoms with E-state index >= 15 is 0 Å². The maximum atomic E-state index is 12.3. The molecule has 20 heavy (non-hydrogen) atoms. The summed E-state index contributed by atoms with van der Waals surface area (Å²) in [7, 11) is 3.94. The second-order valence-corrected chi connectivity index (χ2v) is 6.00. The molecule has 0 rings (SSSR count). The van der Waals surface area contributed by atoms with E-state index in [1.54, 1.807) is 4.90 Å². The van der Waals surface area contributed by atoms with E-state index in [1.165, 1.54) is 0 Å². The molecule has 0 aromatic heterocycles. The molecule has 0 aliphatic carbocycles. The van der Waals surface area contributed by atoms with Crippen LogP contribution in [0.25, 0.3) is 0 Å². The molecule has 2 amide bonds. The van der Waals surface area contributed by atoms with Gasteiger partial charge in [0.25, 0.3) is 0 Å². The first-order valence-corrected chi connectivity index (χ1v) is 7.11. The predicted molar refractivity (Wildman–Crippen MR) is 79.9 cm³/mol. The third-order valence-electron chi connectivity index (χ3n) is 3.01. The number of carboxylic acid groups (broad SMARTS) is 1. The minimum absolute atomic E-state index is 0.0543. The first kappa shape index (κ1) is 18.7. The number of carbonyl (C=O) groups excluding carboxylic acids is 1. The van der Waals surface area contributed by atoms with E-state index in [9.17, 15) is 9.59 Å². The van der Waals surface area contributed by atoms with Gasteiger partial charge in [-0.2, -0.15) is 0 Å². The Morgan fingerprint density at radius 1 is 1.15 bits per heavy atom. The van der Waals surface area contributed by atoms with E-state index in [0.717, 1.165) is 13.0 Å². The number of carbonyl (C=O) groups is 2. The van der Waals surface area contributed by atoms with Crippen LogP contribution in [-0.4, -0.2) is 66.2 Å². The molecule has 0 bridgehead atoms. The molecule has 0 radical (unpaired) electrons. The van der Waals surface area contributed by atoms with Crippen LogP contribution >= 0.6 is 0 Å². The van der Waals surface area contributed by atoms with Crippen molar-refractivity contribution in [3.63, 3.8) is 0 Å². The molecule has 6 heteroatoms. The molecule has 0 heterocycles. The van der Waals surface area contributed by atoms with Gasteiger partial charge in [-0.25, -0.2) is 4.79 Å². The Balaban J connectivity index is 4.45. The largest absolute Gasteiger partial charge is 0.481 e. The summed E-state index contributed by atoms with van der Waals surface area (Å²) in [5, 5.41) is 11.6.